The summed E-state index contributed by atoms with van der Waals surface area (Å²) in [4.78, 5) is 18.0. The van der Waals surface area contributed by atoms with Crippen LogP contribution in [0.3, 0.4) is 0 Å². The molecule has 262 valence electrons. The summed E-state index contributed by atoms with van der Waals surface area (Å²) in [6, 6.07) is 19.2. The van der Waals surface area contributed by atoms with Crippen LogP contribution in [0.5, 0.6) is 5.75 Å². The third kappa shape index (κ3) is 8.74. The first-order valence-electron chi connectivity index (χ1n) is 17.8. The van der Waals surface area contributed by atoms with Crippen LogP contribution in [0.2, 0.25) is 0 Å². The summed E-state index contributed by atoms with van der Waals surface area (Å²) < 4.78 is 44.8. The molecule has 0 radical (unpaired) electrons. The molecular weight excluding hydrogens is 625 g/mol. The Morgan fingerprint density at radius 3 is 2.16 bits per heavy atom. The maximum atomic E-state index is 13.0. The Balaban J connectivity index is 1.15. The van der Waals surface area contributed by atoms with Gasteiger partial charge < -0.3 is 15.0 Å². The fourth-order valence-electron chi connectivity index (χ4n) is 7.66. The maximum absolute atomic E-state index is 13.0. The molecule has 2 fully saturated rings. The van der Waals surface area contributed by atoms with Crippen molar-refractivity contribution < 1.29 is 22.7 Å². The number of fused-ring (bicyclic) bond motifs is 1. The standard InChI is InChI=1S/C40H49F3N4O2/c1-29-9-8-10-30(2)35(29)27-46-23-21-45(22-24-46)26-31-12-17-37-34(25-31)36(32-13-15-33(16-14-32)49-40(41,42)43)28-47(37)20-7-4-11-38(48)39(44)18-5-3-6-19-39/h8-10,12-17,25,28H,3-7,11,18-24,26-27,44H2,1-2H3. The Kier molecular flexibility index (Phi) is 10.8. The lowest BCUT2D eigenvalue weighted by Gasteiger charge is -2.35. The lowest BCUT2D eigenvalue weighted by Crippen LogP contribution is -2.49. The van der Waals surface area contributed by atoms with E-state index in [0.29, 0.717) is 6.42 Å². The number of hydrogen-bond donors (Lipinski definition) is 1. The average Bonchev–Trinajstić information content (AvgIpc) is 3.43. The number of aryl methyl sites for hydroxylation is 3. The zero-order valence-electron chi connectivity index (χ0n) is 28.8. The van der Waals surface area contributed by atoms with Gasteiger partial charge in [-0.25, -0.2) is 0 Å². The number of nitrogens with zero attached hydrogens (tertiary/aromatic N) is 3. The van der Waals surface area contributed by atoms with E-state index in [9.17, 15) is 18.0 Å². The number of ketones is 1. The van der Waals surface area contributed by atoms with E-state index in [1.807, 2.05) is 0 Å². The number of carbonyl (C=O) groups excluding carboxylic acids is 1. The van der Waals surface area contributed by atoms with Crippen LogP contribution in [-0.2, 0) is 24.4 Å². The number of Topliss-reactive ketones (excluding diaryl/α,β-unsaturated/α-hetero) is 1. The quantitative estimate of drug-likeness (QED) is 0.153. The maximum Gasteiger partial charge on any atom is 0.573 e. The summed E-state index contributed by atoms with van der Waals surface area (Å²) in [6.45, 7) is 10.9. The molecule has 2 aliphatic rings. The van der Waals surface area contributed by atoms with E-state index in [4.69, 9.17) is 5.73 Å². The van der Waals surface area contributed by atoms with Crippen molar-refractivity contribution in [3.8, 4) is 16.9 Å². The van der Waals surface area contributed by atoms with Gasteiger partial charge in [-0.1, -0.05) is 55.7 Å². The van der Waals surface area contributed by atoms with Crippen LogP contribution in [-0.4, -0.2) is 58.2 Å². The minimum absolute atomic E-state index is 0.183. The third-order valence-corrected chi connectivity index (χ3v) is 10.6. The highest BCUT2D eigenvalue weighted by atomic mass is 19.4. The van der Waals surface area contributed by atoms with Gasteiger partial charge in [-0.2, -0.15) is 0 Å². The van der Waals surface area contributed by atoms with Crippen molar-refractivity contribution in [2.75, 3.05) is 26.2 Å². The molecule has 0 atom stereocenters. The monoisotopic (exact) mass is 674 g/mol. The number of nitrogens with two attached hydrogens (primary N) is 1. The Hall–Kier alpha value is -3.66. The fraction of sp³-hybridized carbons (Fsp3) is 0.475. The highest BCUT2D eigenvalue weighted by Crippen LogP contribution is 2.34. The second-order valence-corrected chi connectivity index (χ2v) is 14.2. The number of benzene rings is 3. The minimum Gasteiger partial charge on any atom is -0.406 e. The van der Waals surface area contributed by atoms with E-state index in [-0.39, 0.29) is 11.5 Å². The lowest BCUT2D eigenvalue weighted by molar-refractivity contribution is -0.274. The van der Waals surface area contributed by atoms with Crippen LogP contribution in [0.25, 0.3) is 22.0 Å². The molecule has 4 aromatic rings. The van der Waals surface area contributed by atoms with E-state index >= 15 is 0 Å². The van der Waals surface area contributed by atoms with Gasteiger partial charge in [-0.05, 0) is 91.6 Å². The van der Waals surface area contributed by atoms with Crippen LogP contribution in [0.15, 0.2) is 66.9 Å². The van der Waals surface area contributed by atoms with Crippen molar-refractivity contribution in [1.82, 2.24) is 14.4 Å². The van der Waals surface area contributed by atoms with Crippen molar-refractivity contribution in [3.63, 3.8) is 0 Å². The summed E-state index contributed by atoms with van der Waals surface area (Å²) in [5.74, 6) is -0.0556. The number of ether oxygens (including phenoxy) is 1. The SMILES string of the molecule is Cc1cccc(C)c1CN1CCN(Cc2ccc3c(c2)c(-c2ccc(OC(F)(F)F)cc2)cn3CCCCC(=O)C2(N)CCCCC2)CC1. The van der Waals surface area contributed by atoms with Crippen LogP contribution in [0, 0.1) is 13.8 Å². The van der Waals surface area contributed by atoms with E-state index in [1.165, 1.54) is 34.4 Å². The molecule has 6 rings (SSSR count). The molecule has 9 heteroatoms. The number of carbonyl (C=O) groups is 1. The molecule has 6 nitrogen and oxygen atoms in total. The third-order valence-electron chi connectivity index (χ3n) is 10.6. The van der Waals surface area contributed by atoms with Gasteiger partial charge in [-0.3, -0.25) is 14.6 Å². The lowest BCUT2D eigenvalue weighted by atomic mass is 9.78. The first kappa shape index (κ1) is 35.2. The molecule has 2 N–H and O–H groups in total. The minimum atomic E-state index is -4.74. The summed E-state index contributed by atoms with van der Waals surface area (Å²) in [6.07, 6.45) is 4.22. The summed E-state index contributed by atoms with van der Waals surface area (Å²) in [7, 11) is 0. The van der Waals surface area contributed by atoms with Crippen molar-refractivity contribution >= 4 is 16.7 Å². The Morgan fingerprint density at radius 2 is 1.51 bits per heavy atom. The number of halogens is 3. The van der Waals surface area contributed by atoms with Gasteiger partial charge in [0.25, 0.3) is 0 Å². The first-order chi connectivity index (χ1) is 23.5. The van der Waals surface area contributed by atoms with E-state index < -0.39 is 11.9 Å². The normalized spacial score (nSPS) is 17.4. The Labute approximate surface area is 288 Å². The zero-order chi connectivity index (χ0) is 34.6. The number of hydrogen-bond acceptors (Lipinski definition) is 5. The van der Waals surface area contributed by atoms with Crippen molar-refractivity contribution in [2.24, 2.45) is 5.73 Å². The van der Waals surface area contributed by atoms with Crippen LogP contribution >= 0.6 is 0 Å². The van der Waals surface area contributed by atoms with Crippen molar-refractivity contribution in [3.05, 3.63) is 89.1 Å². The van der Waals surface area contributed by atoms with Crippen molar-refractivity contribution in [2.45, 2.75) is 96.7 Å². The van der Waals surface area contributed by atoms with Gasteiger partial charge in [0, 0.05) is 74.9 Å². The molecule has 1 aliphatic heterocycles. The number of piperazine rings is 1. The molecule has 49 heavy (non-hydrogen) atoms. The van der Waals surface area contributed by atoms with Crippen LogP contribution < -0.4 is 10.5 Å². The molecule has 1 saturated carbocycles. The van der Waals surface area contributed by atoms with Gasteiger partial charge in [0.15, 0.2) is 5.78 Å². The summed E-state index contributed by atoms with van der Waals surface area (Å²) in [5, 5.41) is 1.06. The first-order valence-corrected chi connectivity index (χ1v) is 17.8. The molecule has 1 aliphatic carbocycles. The van der Waals surface area contributed by atoms with E-state index in [2.05, 4.69) is 75.5 Å². The number of rotatable bonds is 12. The molecule has 1 aromatic heterocycles. The Bertz CT molecular complexity index is 1710. The topological polar surface area (TPSA) is 63.7 Å². The largest absolute Gasteiger partial charge is 0.573 e. The van der Waals surface area contributed by atoms with Gasteiger partial charge in [0.2, 0.25) is 0 Å². The predicted molar refractivity (Wildman–Crippen MR) is 189 cm³/mol. The van der Waals surface area contributed by atoms with E-state index in [1.54, 1.807) is 12.1 Å². The summed E-state index contributed by atoms with van der Waals surface area (Å²) in [5.41, 5.74) is 14.0. The number of aromatic nitrogens is 1. The molecule has 0 bridgehead atoms. The average molecular weight is 675 g/mol. The second-order valence-electron chi connectivity index (χ2n) is 14.2. The van der Waals surface area contributed by atoms with Crippen LogP contribution in [0.4, 0.5) is 13.2 Å². The van der Waals surface area contributed by atoms with Crippen molar-refractivity contribution in [1.29, 1.82) is 0 Å². The summed E-state index contributed by atoms with van der Waals surface area (Å²) >= 11 is 0. The van der Waals surface area contributed by atoms with Crippen LogP contribution in [0.1, 0.15) is 73.6 Å². The highest BCUT2D eigenvalue weighted by Gasteiger charge is 2.34. The highest BCUT2D eigenvalue weighted by molar-refractivity contribution is 5.96. The Morgan fingerprint density at radius 1 is 0.857 bits per heavy atom. The molecular formula is C40H49F3N4O2. The molecule has 1 saturated heterocycles. The second kappa shape index (κ2) is 15.1. The van der Waals surface area contributed by atoms with Gasteiger partial charge >= 0.3 is 6.36 Å². The van der Waals surface area contributed by atoms with Gasteiger partial charge in [-0.15, -0.1) is 13.2 Å². The molecule has 0 unspecified atom stereocenters. The zero-order valence-corrected chi connectivity index (χ0v) is 28.8. The molecule has 2 heterocycles. The fourth-order valence-corrected chi connectivity index (χ4v) is 7.66. The molecule has 0 amide bonds. The predicted octanol–water partition coefficient (Wildman–Crippen LogP) is 8.54. The van der Waals surface area contributed by atoms with Gasteiger partial charge in [0.1, 0.15) is 5.75 Å². The van der Waals surface area contributed by atoms with E-state index in [0.717, 1.165) is 113 Å². The smallest absolute Gasteiger partial charge is 0.406 e. The molecule has 0 spiro atoms. The molecule has 3 aromatic carbocycles. The number of unbranched alkanes of at least 4 members (excludes halogenated alkanes) is 1. The number of alkyl halides is 3. The van der Waals surface area contributed by atoms with Gasteiger partial charge in [0.05, 0.1) is 5.54 Å².